The fourth-order valence-corrected chi connectivity index (χ4v) is 5.11. The third-order valence-corrected chi connectivity index (χ3v) is 7.93. The SMILES string of the molecule is CCS(=O)(=O)N1CCC[C@H](C(=O)NCCSCc2ccc(Cl)c(Cl)c2)C1. The molecule has 0 unspecified atom stereocenters. The number of carbonyl (C=O) groups excluding carboxylic acids is 1. The van der Waals surface area contributed by atoms with E-state index in [2.05, 4.69) is 5.32 Å². The fourth-order valence-electron chi connectivity index (χ4n) is 2.80. The zero-order chi connectivity index (χ0) is 19.2. The predicted octanol–water partition coefficient (Wildman–Crippen LogP) is 3.40. The van der Waals surface area contributed by atoms with Gasteiger partial charge in [0, 0.05) is 31.1 Å². The van der Waals surface area contributed by atoms with E-state index in [4.69, 9.17) is 23.2 Å². The summed E-state index contributed by atoms with van der Waals surface area (Å²) in [6, 6.07) is 5.56. The molecule has 1 heterocycles. The van der Waals surface area contributed by atoms with Gasteiger partial charge in [0.1, 0.15) is 0 Å². The maximum absolute atomic E-state index is 12.3. The van der Waals surface area contributed by atoms with E-state index in [1.54, 1.807) is 24.8 Å². The van der Waals surface area contributed by atoms with Crippen molar-refractivity contribution < 1.29 is 13.2 Å². The van der Waals surface area contributed by atoms with E-state index in [1.807, 2.05) is 12.1 Å². The summed E-state index contributed by atoms with van der Waals surface area (Å²) in [4.78, 5) is 12.3. The molecule has 1 aromatic carbocycles. The molecule has 0 bridgehead atoms. The quantitative estimate of drug-likeness (QED) is 0.631. The minimum Gasteiger partial charge on any atom is -0.355 e. The van der Waals surface area contributed by atoms with Gasteiger partial charge in [-0.25, -0.2) is 12.7 Å². The molecule has 0 radical (unpaired) electrons. The Kier molecular flexibility index (Phi) is 8.54. The van der Waals surface area contributed by atoms with Crippen LogP contribution in [0.1, 0.15) is 25.3 Å². The number of piperidine rings is 1. The van der Waals surface area contributed by atoms with Gasteiger partial charge < -0.3 is 5.32 Å². The van der Waals surface area contributed by atoms with Crippen molar-refractivity contribution in [1.82, 2.24) is 9.62 Å². The molecule has 1 aliphatic heterocycles. The van der Waals surface area contributed by atoms with Crippen LogP contribution in [0.4, 0.5) is 0 Å². The Morgan fingerprint density at radius 3 is 2.81 bits per heavy atom. The molecule has 0 spiro atoms. The highest BCUT2D eigenvalue weighted by molar-refractivity contribution is 7.98. The monoisotopic (exact) mass is 438 g/mol. The highest BCUT2D eigenvalue weighted by Crippen LogP contribution is 2.24. The summed E-state index contributed by atoms with van der Waals surface area (Å²) >= 11 is 13.6. The largest absolute Gasteiger partial charge is 0.355 e. The molecule has 9 heteroatoms. The van der Waals surface area contributed by atoms with Gasteiger partial charge in [0.15, 0.2) is 0 Å². The van der Waals surface area contributed by atoms with Crippen molar-refractivity contribution in [3.8, 4) is 0 Å². The number of sulfonamides is 1. The molecular formula is C17H24Cl2N2O3S2. The van der Waals surface area contributed by atoms with Gasteiger partial charge in [-0.1, -0.05) is 29.3 Å². The van der Waals surface area contributed by atoms with Crippen LogP contribution in [0.5, 0.6) is 0 Å². The van der Waals surface area contributed by atoms with Crippen LogP contribution in [-0.2, 0) is 20.6 Å². The molecule has 1 saturated heterocycles. The molecule has 5 nitrogen and oxygen atoms in total. The number of thioether (sulfide) groups is 1. The minimum absolute atomic E-state index is 0.0591. The number of amides is 1. The first kappa shape index (κ1) is 21.8. The molecule has 1 atom stereocenters. The maximum Gasteiger partial charge on any atom is 0.224 e. The Hall–Kier alpha value is -0.470. The Labute approximate surface area is 169 Å². The number of rotatable bonds is 8. The van der Waals surface area contributed by atoms with Gasteiger partial charge in [-0.05, 0) is 37.5 Å². The topological polar surface area (TPSA) is 66.5 Å². The average molecular weight is 439 g/mol. The Bertz CT molecular complexity index is 729. The lowest BCUT2D eigenvalue weighted by molar-refractivity contribution is -0.125. The number of nitrogens with zero attached hydrogens (tertiary/aromatic N) is 1. The predicted molar refractivity (Wildman–Crippen MR) is 109 cm³/mol. The van der Waals surface area contributed by atoms with E-state index >= 15 is 0 Å². The molecule has 146 valence electrons. The summed E-state index contributed by atoms with van der Waals surface area (Å²) in [7, 11) is -3.23. The lowest BCUT2D eigenvalue weighted by Crippen LogP contribution is -2.46. The smallest absolute Gasteiger partial charge is 0.224 e. The second-order valence-electron chi connectivity index (χ2n) is 6.19. The third kappa shape index (κ3) is 6.30. The second kappa shape index (κ2) is 10.2. The zero-order valence-electron chi connectivity index (χ0n) is 14.7. The number of nitrogens with one attached hydrogen (secondary N) is 1. The van der Waals surface area contributed by atoms with Gasteiger partial charge in [0.2, 0.25) is 15.9 Å². The minimum atomic E-state index is -3.23. The van der Waals surface area contributed by atoms with Crippen LogP contribution in [0.3, 0.4) is 0 Å². The van der Waals surface area contributed by atoms with Crippen molar-refractivity contribution in [2.45, 2.75) is 25.5 Å². The van der Waals surface area contributed by atoms with Crippen LogP contribution in [-0.4, -0.2) is 49.8 Å². The van der Waals surface area contributed by atoms with Gasteiger partial charge in [-0.3, -0.25) is 4.79 Å². The summed E-state index contributed by atoms with van der Waals surface area (Å²) < 4.78 is 25.4. The number of hydrogen-bond donors (Lipinski definition) is 1. The second-order valence-corrected chi connectivity index (χ2v) is 10.4. The van der Waals surface area contributed by atoms with Gasteiger partial charge in [-0.15, -0.1) is 0 Å². The zero-order valence-corrected chi connectivity index (χ0v) is 17.9. The Morgan fingerprint density at radius 2 is 2.12 bits per heavy atom. The van der Waals surface area contributed by atoms with Crippen LogP contribution in [0, 0.1) is 5.92 Å². The van der Waals surface area contributed by atoms with E-state index in [1.165, 1.54) is 4.31 Å². The highest BCUT2D eigenvalue weighted by atomic mass is 35.5. The summed E-state index contributed by atoms with van der Waals surface area (Å²) in [6.45, 7) is 2.99. The summed E-state index contributed by atoms with van der Waals surface area (Å²) in [5.74, 6) is 1.32. The first-order valence-electron chi connectivity index (χ1n) is 8.60. The number of halogens is 2. The van der Waals surface area contributed by atoms with Crippen LogP contribution in [0.2, 0.25) is 10.0 Å². The Balaban J connectivity index is 1.70. The van der Waals surface area contributed by atoms with Crippen molar-refractivity contribution in [3.63, 3.8) is 0 Å². The molecule has 1 aliphatic rings. The number of benzene rings is 1. The van der Waals surface area contributed by atoms with E-state index < -0.39 is 10.0 Å². The lowest BCUT2D eigenvalue weighted by Gasteiger charge is -2.30. The van der Waals surface area contributed by atoms with Crippen LogP contribution in [0.25, 0.3) is 0 Å². The van der Waals surface area contributed by atoms with Crippen molar-refractivity contribution in [1.29, 1.82) is 0 Å². The van der Waals surface area contributed by atoms with Crippen LogP contribution >= 0.6 is 35.0 Å². The normalized spacial score (nSPS) is 18.7. The molecule has 2 rings (SSSR count). The van der Waals surface area contributed by atoms with Crippen molar-refractivity contribution in [2.24, 2.45) is 5.92 Å². The first-order chi connectivity index (χ1) is 12.3. The summed E-state index contributed by atoms with van der Waals surface area (Å²) in [5.41, 5.74) is 1.09. The van der Waals surface area contributed by atoms with Gasteiger partial charge in [0.05, 0.1) is 21.7 Å². The number of hydrogen-bond acceptors (Lipinski definition) is 4. The molecule has 26 heavy (non-hydrogen) atoms. The molecule has 1 N–H and O–H groups in total. The van der Waals surface area contributed by atoms with Crippen molar-refractivity contribution >= 4 is 50.9 Å². The van der Waals surface area contributed by atoms with E-state index in [9.17, 15) is 13.2 Å². The van der Waals surface area contributed by atoms with Crippen LogP contribution in [0.15, 0.2) is 18.2 Å². The highest BCUT2D eigenvalue weighted by Gasteiger charge is 2.31. The number of carbonyl (C=O) groups is 1. The molecule has 0 saturated carbocycles. The summed E-state index contributed by atoms with van der Waals surface area (Å²) in [5, 5.41) is 4.01. The van der Waals surface area contributed by atoms with Gasteiger partial charge in [0.25, 0.3) is 0 Å². The van der Waals surface area contributed by atoms with Crippen LogP contribution < -0.4 is 5.32 Å². The molecule has 0 aliphatic carbocycles. The standard InChI is InChI=1S/C17H24Cl2N2O3S2/c1-2-26(23,24)21-8-3-4-14(11-21)17(22)20-7-9-25-12-13-5-6-15(18)16(19)10-13/h5-6,10,14H,2-4,7-9,11-12H2,1H3,(H,20,22)/t14-/m0/s1. The molecular weight excluding hydrogens is 415 g/mol. The molecule has 0 aromatic heterocycles. The lowest BCUT2D eigenvalue weighted by atomic mass is 9.99. The maximum atomic E-state index is 12.3. The first-order valence-corrected chi connectivity index (χ1v) is 12.1. The summed E-state index contributed by atoms with van der Waals surface area (Å²) in [6.07, 6.45) is 1.46. The van der Waals surface area contributed by atoms with Crippen molar-refractivity contribution in [2.75, 3.05) is 31.1 Å². The van der Waals surface area contributed by atoms with E-state index in [0.29, 0.717) is 29.7 Å². The Morgan fingerprint density at radius 1 is 1.35 bits per heavy atom. The van der Waals surface area contributed by atoms with E-state index in [-0.39, 0.29) is 17.6 Å². The van der Waals surface area contributed by atoms with Crippen molar-refractivity contribution in [3.05, 3.63) is 33.8 Å². The average Bonchev–Trinajstić information content (AvgIpc) is 2.64. The van der Waals surface area contributed by atoms with E-state index in [0.717, 1.165) is 29.9 Å². The molecule has 1 amide bonds. The van der Waals surface area contributed by atoms with Gasteiger partial charge >= 0.3 is 0 Å². The van der Waals surface area contributed by atoms with Gasteiger partial charge in [-0.2, -0.15) is 11.8 Å². The fraction of sp³-hybridized carbons (Fsp3) is 0.588. The third-order valence-electron chi connectivity index (χ3n) is 4.31. The molecule has 1 fully saturated rings. The molecule has 1 aromatic rings.